The number of hydrogen-bond acceptors (Lipinski definition) is 0. The molecule has 0 atom stereocenters. The Bertz CT molecular complexity index is 8.49. The van der Waals surface area contributed by atoms with Crippen LogP contribution in [0.25, 0.3) is 0 Å². The molecule has 0 rings (SSSR count). The molecule has 0 unspecified atom stereocenters. The van der Waals surface area contributed by atoms with Crippen LogP contribution in [0.4, 0.5) is 0 Å². The standard InChI is InChI=1S/2C3H6.2Cu/c2*1-3-2;;/h2*1-3H2;;/q2*-2;2*+2. The minimum atomic E-state index is 0. The molecule has 0 bridgehead atoms. The molecule has 0 fully saturated rings. The van der Waals surface area contributed by atoms with Crippen LogP contribution in [0.15, 0.2) is 0 Å². The topological polar surface area (TPSA) is 0 Å². The molecule has 2 heteroatoms. The molecule has 0 spiro atoms. The Balaban J connectivity index is -0.0000000160. The Hall–Kier alpha value is 1.04. The summed E-state index contributed by atoms with van der Waals surface area (Å²) < 4.78 is 0. The zero-order valence-electron chi connectivity index (χ0n) is 4.85. The predicted octanol–water partition coefficient (Wildman–Crippen LogP) is 2.08. The molecule has 0 saturated heterocycles. The van der Waals surface area contributed by atoms with Crippen LogP contribution in [-0.2, 0) is 34.1 Å². The van der Waals surface area contributed by atoms with E-state index in [2.05, 4.69) is 27.7 Å². The maximum Gasteiger partial charge on any atom is 2.00 e. The average molecular weight is 211 g/mol. The van der Waals surface area contributed by atoms with E-state index in [-0.39, 0.29) is 34.1 Å². The first kappa shape index (κ1) is 23.0. The first-order valence-electron chi connectivity index (χ1n) is 2.00. The molecule has 0 aliphatic heterocycles. The summed E-state index contributed by atoms with van der Waals surface area (Å²) in [4.78, 5) is 0. The summed E-state index contributed by atoms with van der Waals surface area (Å²) in [5.74, 6) is 0. The van der Waals surface area contributed by atoms with Gasteiger partial charge in [0.1, 0.15) is 0 Å². The van der Waals surface area contributed by atoms with Crippen molar-refractivity contribution in [3.63, 3.8) is 0 Å². The van der Waals surface area contributed by atoms with Gasteiger partial charge in [-0.15, -0.1) is 0 Å². The average Bonchev–Trinajstić information content (AvgIpc) is 1.39. The Labute approximate surface area is 74.8 Å². The molecule has 0 aromatic carbocycles. The van der Waals surface area contributed by atoms with Gasteiger partial charge in [0.05, 0.1) is 0 Å². The monoisotopic (exact) mass is 210 g/mol. The molecule has 8 heavy (non-hydrogen) atoms. The van der Waals surface area contributed by atoms with E-state index in [0.29, 0.717) is 0 Å². The van der Waals surface area contributed by atoms with Crippen molar-refractivity contribution in [2.45, 2.75) is 12.8 Å². The molecule has 0 aliphatic carbocycles. The third kappa shape index (κ3) is 238. The van der Waals surface area contributed by atoms with Crippen molar-refractivity contribution in [3.05, 3.63) is 27.7 Å². The van der Waals surface area contributed by atoms with Crippen LogP contribution in [0.2, 0.25) is 0 Å². The third-order valence-electron chi connectivity index (χ3n) is 0. The summed E-state index contributed by atoms with van der Waals surface area (Å²) >= 11 is 0. The molecule has 0 heterocycles. The molecule has 0 N–H and O–H groups in total. The normalized spacial score (nSPS) is 4.50. The first-order valence-corrected chi connectivity index (χ1v) is 2.00. The molecule has 0 aliphatic rings. The summed E-state index contributed by atoms with van der Waals surface area (Å²) in [6, 6.07) is 0. The van der Waals surface area contributed by atoms with Crippen molar-refractivity contribution in [1.82, 2.24) is 0 Å². The van der Waals surface area contributed by atoms with E-state index < -0.39 is 0 Å². The second-order valence-corrected chi connectivity index (χ2v) is 0.707. The van der Waals surface area contributed by atoms with Crippen molar-refractivity contribution in [3.8, 4) is 0 Å². The van der Waals surface area contributed by atoms with Gasteiger partial charge in [-0.25, -0.2) is 0 Å². The van der Waals surface area contributed by atoms with Crippen LogP contribution in [0.3, 0.4) is 0 Å². The van der Waals surface area contributed by atoms with Crippen molar-refractivity contribution >= 4 is 0 Å². The quantitative estimate of drug-likeness (QED) is 0.425. The summed E-state index contributed by atoms with van der Waals surface area (Å²) in [7, 11) is 0. The second-order valence-electron chi connectivity index (χ2n) is 0.707. The fourth-order valence-corrected chi connectivity index (χ4v) is 0. The Morgan fingerprint density at radius 3 is 0.625 bits per heavy atom. The minimum absolute atomic E-state index is 0. The summed E-state index contributed by atoms with van der Waals surface area (Å²) in [5, 5.41) is 0. The van der Waals surface area contributed by atoms with E-state index in [1.165, 1.54) is 0 Å². The summed E-state index contributed by atoms with van der Waals surface area (Å²) in [6.07, 6.45) is 1.50. The Kier molecular flexibility index (Phi) is 124. The number of hydrogen-bond donors (Lipinski definition) is 0. The fraction of sp³-hybridized carbons (Fsp3) is 0.333. The van der Waals surface area contributed by atoms with Crippen LogP contribution in [-0.4, -0.2) is 0 Å². The maximum absolute atomic E-state index is 3.38. The Morgan fingerprint density at radius 1 is 0.625 bits per heavy atom. The van der Waals surface area contributed by atoms with Crippen LogP contribution in [0, 0.1) is 27.7 Å². The summed E-state index contributed by atoms with van der Waals surface area (Å²) in [6.45, 7) is 13.5. The molecule has 2 radical (unpaired) electrons. The zero-order chi connectivity index (χ0) is 5.41. The third-order valence-corrected chi connectivity index (χ3v) is 0. The van der Waals surface area contributed by atoms with E-state index in [1.807, 2.05) is 0 Å². The van der Waals surface area contributed by atoms with E-state index >= 15 is 0 Å². The van der Waals surface area contributed by atoms with Gasteiger partial charge < -0.3 is 40.5 Å². The molecule has 0 saturated carbocycles. The molecule has 0 aromatic rings. The van der Waals surface area contributed by atoms with Gasteiger partial charge in [0, 0.05) is 0 Å². The van der Waals surface area contributed by atoms with Crippen LogP contribution in [0.5, 0.6) is 0 Å². The van der Waals surface area contributed by atoms with Crippen LogP contribution >= 0.6 is 0 Å². The van der Waals surface area contributed by atoms with Crippen molar-refractivity contribution in [2.75, 3.05) is 0 Å². The fourth-order valence-electron chi connectivity index (χ4n) is 0. The van der Waals surface area contributed by atoms with Crippen LogP contribution in [0.1, 0.15) is 12.8 Å². The molecule has 0 nitrogen and oxygen atoms in total. The van der Waals surface area contributed by atoms with Gasteiger partial charge in [-0.1, -0.05) is 0 Å². The van der Waals surface area contributed by atoms with E-state index in [4.69, 9.17) is 0 Å². The first-order chi connectivity index (χ1) is 2.83. The molecular weight excluding hydrogens is 199 g/mol. The SMILES string of the molecule is [CH2-]C[CH2-].[CH2-]C[CH2-].[Cu+2].[Cu+2]. The molecular formula is C6H12Cu2. The van der Waals surface area contributed by atoms with Gasteiger partial charge in [-0.05, 0) is 0 Å². The molecule has 58 valence electrons. The molecule has 0 aromatic heterocycles. The Morgan fingerprint density at radius 2 is 0.625 bits per heavy atom. The predicted molar refractivity (Wildman–Crippen MR) is 30.7 cm³/mol. The second kappa shape index (κ2) is 43.1. The van der Waals surface area contributed by atoms with Gasteiger partial charge in [-0.2, -0.15) is 0 Å². The summed E-state index contributed by atoms with van der Waals surface area (Å²) in [5.41, 5.74) is 0. The number of rotatable bonds is 0. The van der Waals surface area contributed by atoms with Crippen molar-refractivity contribution in [1.29, 1.82) is 0 Å². The van der Waals surface area contributed by atoms with Gasteiger partial charge in [0.25, 0.3) is 0 Å². The molecule has 0 amide bonds. The van der Waals surface area contributed by atoms with Crippen molar-refractivity contribution in [2.24, 2.45) is 0 Å². The van der Waals surface area contributed by atoms with E-state index in [1.54, 1.807) is 0 Å². The van der Waals surface area contributed by atoms with Gasteiger partial charge >= 0.3 is 34.1 Å². The van der Waals surface area contributed by atoms with Gasteiger partial charge in [0.15, 0.2) is 0 Å². The van der Waals surface area contributed by atoms with Crippen LogP contribution < -0.4 is 0 Å². The smallest absolute Gasteiger partial charge is 0.372 e. The zero-order valence-corrected chi connectivity index (χ0v) is 6.73. The van der Waals surface area contributed by atoms with E-state index in [9.17, 15) is 0 Å². The van der Waals surface area contributed by atoms with Crippen molar-refractivity contribution < 1.29 is 34.1 Å². The minimum Gasteiger partial charge on any atom is -0.372 e. The van der Waals surface area contributed by atoms with E-state index in [0.717, 1.165) is 12.8 Å². The van der Waals surface area contributed by atoms with Gasteiger partial charge in [-0.3, -0.25) is 0 Å². The maximum atomic E-state index is 3.38. The largest absolute Gasteiger partial charge is 2.00 e. The van der Waals surface area contributed by atoms with Gasteiger partial charge in [0.2, 0.25) is 0 Å².